The number of nitrogens with zero attached hydrogens (tertiary/aromatic N) is 2. The number of furan rings is 3. The Bertz CT molecular complexity index is 4700. The van der Waals surface area contributed by atoms with Crippen LogP contribution in [0.25, 0.3) is 126 Å². The summed E-state index contributed by atoms with van der Waals surface area (Å²) in [4.78, 5) is 5.92. The van der Waals surface area contributed by atoms with E-state index in [4.69, 9.17) is 18.2 Å². The number of para-hydroxylation sites is 5. The van der Waals surface area contributed by atoms with Gasteiger partial charge >= 0.3 is 0 Å². The van der Waals surface area contributed by atoms with Crippen LogP contribution in [0.5, 0.6) is 0 Å². The van der Waals surface area contributed by atoms with Gasteiger partial charge in [-0.15, -0.1) is 0 Å². The molecule has 0 saturated carbocycles. The molecule has 72 heavy (non-hydrogen) atoms. The summed E-state index contributed by atoms with van der Waals surface area (Å²) in [5, 5.41) is 13.7. The van der Waals surface area contributed by atoms with Crippen LogP contribution in [0.3, 0.4) is 0 Å². The first kappa shape index (κ1) is 40.9. The number of hydrogen-bond donors (Lipinski definition) is 0. The van der Waals surface area contributed by atoms with E-state index in [2.05, 4.69) is 213 Å². The number of benzene rings is 10. The van der Waals surface area contributed by atoms with E-state index in [0.29, 0.717) is 6.42 Å². The van der Waals surface area contributed by atoms with Crippen molar-refractivity contribution in [1.82, 2.24) is 4.57 Å². The summed E-state index contributed by atoms with van der Waals surface area (Å²) in [7, 11) is 0. The fourth-order valence-corrected chi connectivity index (χ4v) is 12.1. The second-order valence-electron chi connectivity index (χ2n) is 19.6. The fourth-order valence-electron chi connectivity index (χ4n) is 12.1. The summed E-state index contributed by atoms with van der Waals surface area (Å²) in [6.45, 7) is 4.60. The van der Waals surface area contributed by atoms with Crippen LogP contribution in [0.4, 0.5) is 0 Å². The number of allylic oxidation sites excluding steroid dienone is 3. The van der Waals surface area contributed by atoms with E-state index in [1.54, 1.807) is 0 Å². The molecule has 342 valence electrons. The van der Waals surface area contributed by atoms with Crippen molar-refractivity contribution in [1.29, 1.82) is 0 Å². The Balaban J connectivity index is 1.02. The molecule has 5 nitrogen and oxygen atoms in total. The standard InChI is InChI=1S/C67H46N2O3/c1-3-40-34-56(51-25-14-23-49-47-21-9-12-28-60(47)71-66(49)51)68-55(31-30-39(2)64(40)52-26-15-24-50-48-22-10-13-29-61(48)72-67(50)52)45-36-59(65-54-33-42-17-5-7-19-44(42)37-62(54)70-63(65)38-45)69-57-27-11-8-20-46(57)53-32-41-16-4-6-18-43(41)35-58(53)69/h4-29,32-38,40H,3,30-31H2,1-2H3/b56-34-,64-39?,68-55?. The van der Waals surface area contributed by atoms with Gasteiger partial charge in [0.25, 0.3) is 0 Å². The Hall–Kier alpha value is -8.93. The zero-order chi connectivity index (χ0) is 47.6. The molecule has 0 aliphatic carbocycles. The maximum atomic E-state index is 7.09. The monoisotopic (exact) mass is 926 g/mol. The quantitative estimate of drug-likeness (QED) is 0.173. The maximum Gasteiger partial charge on any atom is 0.144 e. The van der Waals surface area contributed by atoms with Crippen LogP contribution in [0.2, 0.25) is 0 Å². The van der Waals surface area contributed by atoms with Crippen molar-refractivity contribution in [3.63, 3.8) is 0 Å². The minimum atomic E-state index is 0.0107. The SMILES string of the molecule is CCC1/C=C(/c2cccc3c2oc2ccccc23)N=C(c2cc(-n3c4ccccc4c4cc5ccccc5cc43)c3c(c2)oc2cc4ccccc4cc23)CCC(C)=C1c1cccc2c1oc1ccccc12. The summed E-state index contributed by atoms with van der Waals surface area (Å²) in [5.74, 6) is 0.0107. The molecule has 0 radical (unpaired) electrons. The Morgan fingerprint density at radius 2 is 1.06 bits per heavy atom. The molecule has 5 heterocycles. The van der Waals surface area contributed by atoms with Crippen molar-refractivity contribution >= 4 is 126 Å². The first-order valence-corrected chi connectivity index (χ1v) is 25.2. The van der Waals surface area contributed by atoms with Crippen LogP contribution in [-0.4, -0.2) is 10.3 Å². The molecule has 1 aliphatic heterocycles. The highest BCUT2D eigenvalue weighted by Crippen LogP contribution is 2.45. The van der Waals surface area contributed by atoms with Crippen LogP contribution >= 0.6 is 0 Å². The smallest absolute Gasteiger partial charge is 0.144 e. The normalized spacial score (nSPS) is 15.7. The molecule has 0 saturated heterocycles. The van der Waals surface area contributed by atoms with Gasteiger partial charge in [0.15, 0.2) is 0 Å². The average molecular weight is 927 g/mol. The van der Waals surface area contributed by atoms with E-state index < -0.39 is 0 Å². The number of hydrogen-bond acceptors (Lipinski definition) is 4. The van der Waals surface area contributed by atoms with Gasteiger partial charge in [0.2, 0.25) is 0 Å². The van der Waals surface area contributed by atoms with Crippen molar-refractivity contribution in [2.24, 2.45) is 10.9 Å². The van der Waals surface area contributed by atoms with Crippen LogP contribution in [0.15, 0.2) is 224 Å². The highest BCUT2D eigenvalue weighted by atomic mass is 16.3. The van der Waals surface area contributed by atoms with E-state index in [9.17, 15) is 0 Å². The largest absolute Gasteiger partial charge is 0.456 e. The summed E-state index contributed by atoms with van der Waals surface area (Å²) in [5.41, 5.74) is 16.1. The molecule has 0 spiro atoms. The topological polar surface area (TPSA) is 56.7 Å². The van der Waals surface area contributed by atoms with Crippen LogP contribution in [-0.2, 0) is 0 Å². The third-order valence-electron chi connectivity index (χ3n) is 15.5. The second kappa shape index (κ2) is 15.8. The van der Waals surface area contributed by atoms with Gasteiger partial charge in [-0.1, -0.05) is 152 Å². The zero-order valence-corrected chi connectivity index (χ0v) is 39.9. The Labute approximate surface area is 414 Å². The van der Waals surface area contributed by atoms with Crippen molar-refractivity contribution in [2.45, 2.75) is 33.1 Å². The van der Waals surface area contributed by atoms with Crippen molar-refractivity contribution < 1.29 is 13.3 Å². The summed E-state index contributed by atoms with van der Waals surface area (Å²) < 4.78 is 23.2. The molecule has 1 unspecified atom stereocenters. The van der Waals surface area contributed by atoms with E-state index >= 15 is 0 Å². The highest BCUT2D eigenvalue weighted by molar-refractivity contribution is 6.20. The van der Waals surface area contributed by atoms with Gasteiger partial charge in [0.1, 0.15) is 33.5 Å². The second-order valence-corrected chi connectivity index (χ2v) is 19.6. The molecule has 14 aromatic rings. The fraction of sp³-hybridized carbons (Fsp3) is 0.0896. The average Bonchev–Trinajstić information content (AvgIpc) is 4.19. The predicted molar refractivity (Wildman–Crippen MR) is 301 cm³/mol. The number of aromatic nitrogens is 1. The molecule has 4 aromatic heterocycles. The molecule has 0 fully saturated rings. The third-order valence-corrected chi connectivity index (χ3v) is 15.5. The molecule has 0 amide bonds. The number of aliphatic imine (C=N–C) groups is 1. The molecular weight excluding hydrogens is 881 g/mol. The molecular formula is C67H46N2O3. The first-order chi connectivity index (χ1) is 35.5. The Morgan fingerprint density at radius 1 is 0.472 bits per heavy atom. The number of rotatable bonds is 5. The zero-order valence-electron chi connectivity index (χ0n) is 39.9. The molecule has 0 N–H and O–H groups in total. The van der Waals surface area contributed by atoms with Gasteiger partial charge in [0.05, 0.1) is 27.8 Å². The molecule has 1 aliphatic rings. The summed E-state index contributed by atoms with van der Waals surface area (Å²) >= 11 is 0. The van der Waals surface area contributed by atoms with Gasteiger partial charge in [0, 0.05) is 66.0 Å². The maximum absolute atomic E-state index is 7.09. The molecule has 15 rings (SSSR count). The lowest BCUT2D eigenvalue weighted by atomic mass is 9.84. The van der Waals surface area contributed by atoms with Gasteiger partial charge in [-0.2, -0.15) is 0 Å². The van der Waals surface area contributed by atoms with E-state index in [0.717, 1.165) is 129 Å². The lowest BCUT2D eigenvalue weighted by Gasteiger charge is -2.20. The van der Waals surface area contributed by atoms with Crippen molar-refractivity contribution in [3.8, 4) is 5.69 Å². The first-order valence-electron chi connectivity index (χ1n) is 25.2. The van der Waals surface area contributed by atoms with Gasteiger partial charge in [-0.05, 0) is 114 Å². The van der Waals surface area contributed by atoms with Crippen molar-refractivity contribution in [2.75, 3.05) is 0 Å². The molecule has 10 aromatic carbocycles. The van der Waals surface area contributed by atoms with Crippen LogP contribution in [0, 0.1) is 5.92 Å². The minimum absolute atomic E-state index is 0.0107. The van der Waals surface area contributed by atoms with Gasteiger partial charge in [-0.3, -0.25) is 4.99 Å². The van der Waals surface area contributed by atoms with Crippen LogP contribution in [0.1, 0.15) is 49.8 Å². The highest BCUT2D eigenvalue weighted by Gasteiger charge is 2.27. The van der Waals surface area contributed by atoms with E-state index in [-0.39, 0.29) is 5.92 Å². The van der Waals surface area contributed by atoms with Gasteiger partial charge in [-0.25, -0.2) is 0 Å². The number of fused-ring (bicyclic) bond motifs is 14. The van der Waals surface area contributed by atoms with Crippen LogP contribution < -0.4 is 0 Å². The van der Waals surface area contributed by atoms with Crippen molar-refractivity contribution in [3.05, 3.63) is 222 Å². The van der Waals surface area contributed by atoms with E-state index in [1.807, 2.05) is 6.07 Å². The molecule has 0 bridgehead atoms. The van der Waals surface area contributed by atoms with Gasteiger partial charge < -0.3 is 17.8 Å². The Morgan fingerprint density at radius 3 is 1.76 bits per heavy atom. The summed E-state index contributed by atoms with van der Waals surface area (Å²) in [6.07, 6.45) is 4.73. The molecule has 5 heteroatoms. The summed E-state index contributed by atoms with van der Waals surface area (Å²) in [6, 6.07) is 69.7. The van der Waals surface area contributed by atoms with E-state index in [1.165, 1.54) is 38.1 Å². The molecule has 1 atom stereocenters. The predicted octanol–water partition coefficient (Wildman–Crippen LogP) is 18.9. The third kappa shape index (κ3) is 6.16. The lowest BCUT2D eigenvalue weighted by molar-refractivity contribution is 0.665. The minimum Gasteiger partial charge on any atom is -0.456 e. The Kier molecular flexibility index (Phi) is 8.97. The lowest BCUT2D eigenvalue weighted by Crippen LogP contribution is -2.05.